The highest BCUT2D eigenvalue weighted by Gasteiger charge is 2.22. The van der Waals surface area contributed by atoms with Gasteiger partial charge in [-0.25, -0.2) is 4.79 Å². The van der Waals surface area contributed by atoms with Crippen LogP contribution in [0.4, 0.5) is 0 Å². The van der Waals surface area contributed by atoms with Crippen molar-refractivity contribution >= 4 is 22.8 Å². The fraction of sp³-hybridized carbons (Fsp3) is 0.250. The minimum atomic E-state index is -0.615. The average Bonchev–Trinajstić information content (AvgIpc) is 2.34. The van der Waals surface area contributed by atoms with E-state index in [0.717, 1.165) is 5.56 Å². The Balaban J connectivity index is 2.26. The molecule has 1 aromatic carbocycles. The summed E-state index contributed by atoms with van der Waals surface area (Å²) in [5.74, 6) is 0.370. The van der Waals surface area contributed by atoms with E-state index < -0.39 is 5.63 Å². The van der Waals surface area contributed by atoms with Crippen LogP contribution in [-0.4, -0.2) is 11.4 Å². The third kappa shape index (κ3) is 2.03. The Morgan fingerprint density at radius 1 is 1.20 bits per heavy atom. The van der Waals surface area contributed by atoms with Crippen LogP contribution in [0, 0.1) is 0 Å². The maximum Gasteiger partial charge on any atom is 0.347 e. The van der Waals surface area contributed by atoms with Gasteiger partial charge in [0.25, 0.3) is 0 Å². The van der Waals surface area contributed by atoms with Crippen LogP contribution in [0.2, 0.25) is 0 Å². The zero-order valence-electron chi connectivity index (χ0n) is 11.5. The molecule has 1 aromatic heterocycles. The van der Waals surface area contributed by atoms with Gasteiger partial charge in [-0.3, -0.25) is 4.79 Å². The molecule has 0 saturated heterocycles. The average molecular weight is 270 g/mol. The first kappa shape index (κ1) is 12.7. The normalized spacial score (nSPS) is 15.8. The van der Waals surface area contributed by atoms with E-state index in [1.54, 1.807) is 12.1 Å². The number of ketones is 1. The molecule has 0 radical (unpaired) electrons. The SMILES string of the molecule is CC(=O)c1cc2cc3c(cc2oc1=O)OC(C)(C)C=C3. The molecule has 2 aromatic rings. The molecule has 3 rings (SSSR count). The first-order valence-electron chi connectivity index (χ1n) is 6.37. The number of fused-ring (bicyclic) bond motifs is 2. The van der Waals surface area contributed by atoms with Crippen molar-refractivity contribution in [2.24, 2.45) is 0 Å². The van der Waals surface area contributed by atoms with Gasteiger partial charge in [0.2, 0.25) is 0 Å². The summed E-state index contributed by atoms with van der Waals surface area (Å²) in [6.07, 6.45) is 3.93. The lowest BCUT2D eigenvalue weighted by molar-refractivity contribution is 0.101. The van der Waals surface area contributed by atoms with Gasteiger partial charge in [-0.05, 0) is 39.0 Å². The van der Waals surface area contributed by atoms with Crippen LogP contribution in [0.3, 0.4) is 0 Å². The first-order valence-corrected chi connectivity index (χ1v) is 6.37. The highest BCUT2D eigenvalue weighted by Crippen LogP contribution is 2.34. The van der Waals surface area contributed by atoms with E-state index in [9.17, 15) is 9.59 Å². The van der Waals surface area contributed by atoms with E-state index in [2.05, 4.69) is 0 Å². The maximum atomic E-state index is 11.7. The number of carbonyl (C=O) groups is 1. The summed E-state index contributed by atoms with van der Waals surface area (Å²) < 4.78 is 11.0. The van der Waals surface area contributed by atoms with E-state index in [1.807, 2.05) is 32.1 Å². The van der Waals surface area contributed by atoms with Crippen LogP contribution in [-0.2, 0) is 0 Å². The van der Waals surface area contributed by atoms with E-state index in [-0.39, 0.29) is 16.9 Å². The van der Waals surface area contributed by atoms with E-state index >= 15 is 0 Å². The van der Waals surface area contributed by atoms with Gasteiger partial charge >= 0.3 is 5.63 Å². The second-order valence-corrected chi connectivity index (χ2v) is 5.47. The third-order valence-electron chi connectivity index (χ3n) is 3.28. The minimum Gasteiger partial charge on any atom is -0.483 e. The zero-order chi connectivity index (χ0) is 14.5. The van der Waals surface area contributed by atoms with Crippen LogP contribution < -0.4 is 10.4 Å². The number of hydrogen-bond donors (Lipinski definition) is 0. The molecule has 0 N–H and O–H groups in total. The summed E-state index contributed by atoms with van der Waals surface area (Å²) in [7, 11) is 0. The minimum absolute atomic E-state index is 0.0680. The van der Waals surface area contributed by atoms with E-state index in [0.29, 0.717) is 16.7 Å². The monoisotopic (exact) mass is 270 g/mol. The number of ether oxygens (including phenoxy) is 1. The second kappa shape index (κ2) is 4.07. The smallest absolute Gasteiger partial charge is 0.347 e. The number of Topliss-reactive ketones (excluding diaryl/α,β-unsaturated/α-hetero) is 1. The van der Waals surface area contributed by atoms with E-state index in [1.165, 1.54) is 6.92 Å². The third-order valence-corrected chi connectivity index (χ3v) is 3.28. The molecule has 0 fully saturated rings. The number of carbonyl (C=O) groups excluding carboxylic acids is 1. The Morgan fingerprint density at radius 2 is 1.95 bits per heavy atom. The summed E-state index contributed by atoms with van der Waals surface area (Å²) in [6.45, 7) is 5.25. The van der Waals surface area contributed by atoms with Crippen molar-refractivity contribution in [1.29, 1.82) is 0 Å². The highest BCUT2D eigenvalue weighted by atomic mass is 16.5. The molecular weight excluding hydrogens is 256 g/mol. The summed E-state index contributed by atoms with van der Waals surface area (Å²) >= 11 is 0. The van der Waals surface area contributed by atoms with Gasteiger partial charge < -0.3 is 9.15 Å². The van der Waals surface area contributed by atoms with Gasteiger partial charge in [-0.1, -0.05) is 6.08 Å². The van der Waals surface area contributed by atoms with Gasteiger partial charge in [-0.15, -0.1) is 0 Å². The van der Waals surface area contributed by atoms with Gasteiger partial charge in [0.15, 0.2) is 5.78 Å². The summed E-state index contributed by atoms with van der Waals surface area (Å²) in [5.41, 5.74) is 0.388. The van der Waals surface area contributed by atoms with Crippen molar-refractivity contribution < 1.29 is 13.9 Å². The Morgan fingerprint density at radius 3 is 2.65 bits per heavy atom. The summed E-state index contributed by atoms with van der Waals surface area (Å²) in [6, 6.07) is 5.12. The van der Waals surface area contributed by atoms with Gasteiger partial charge in [0, 0.05) is 17.0 Å². The van der Waals surface area contributed by atoms with Crippen molar-refractivity contribution in [3.63, 3.8) is 0 Å². The van der Waals surface area contributed by atoms with Crippen molar-refractivity contribution in [1.82, 2.24) is 0 Å². The molecule has 0 aliphatic carbocycles. The summed E-state index contributed by atoms with van der Waals surface area (Å²) in [5, 5.41) is 0.710. The lowest BCUT2D eigenvalue weighted by Crippen LogP contribution is -2.27. The zero-order valence-corrected chi connectivity index (χ0v) is 11.5. The molecule has 0 bridgehead atoms. The molecule has 2 heterocycles. The van der Waals surface area contributed by atoms with Crippen LogP contribution >= 0.6 is 0 Å². The van der Waals surface area contributed by atoms with Crippen molar-refractivity contribution in [2.45, 2.75) is 26.4 Å². The van der Waals surface area contributed by atoms with Crippen molar-refractivity contribution in [3.8, 4) is 5.75 Å². The topological polar surface area (TPSA) is 56.5 Å². The number of rotatable bonds is 1. The first-order chi connectivity index (χ1) is 9.35. The van der Waals surface area contributed by atoms with Crippen LogP contribution in [0.1, 0.15) is 36.7 Å². The molecule has 1 aliphatic heterocycles. The molecule has 102 valence electrons. The second-order valence-electron chi connectivity index (χ2n) is 5.47. The lowest BCUT2D eigenvalue weighted by atomic mass is 10.0. The van der Waals surface area contributed by atoms with Gasteiger partial charge in [0.05, 0.1) is 0 Å². The fourth-order valence-corrected chi connectivity index (χ4v) is 2.24. The molecule has 20 heavy (non-hydrogen) atoms. The standard InChI is InChI=1S/C16H14O4/c1-9(17)12-7-11-6-10-4-5-16(2,3)20-14(10)8-13(11)19-15(12)18/h4-8H,1-3H3. The largest absolute Gasteiger partial charge is 0.483 e. The van der Waals surface area contributed by atoms with Crippen molar-refractivity contribution in [3.05, 3.63) is 45.8 Å². The molecule has 0 atom stereocenters. The van der Waals surface area contributed by atoms with Crippen molar-refractivity contribution in [2.75, 3.05) is 0 Å². The number of benzene rings is 1. The molecule has 4 heteroatoms. The Kier molecular flexibility index (Phi) is 2.57. The number of hydrogen-bond acceptors (Lipinski definition) is 4. The predicted octanol–water partition coefficient (Wildman–Crippen LogP) is 3.18. The molecular formula is C16H14O4. The van der Waals surface area contributed by atoms with Crippen LogP contribution in [0.15, 0.2) is 33.5 Å². The van der Waals surface area contributed by atoms with Crippen LogP contribution in [0.5, 0.6) is 5.75 Å². The quantitative estimate of drug-likeness (QED) is 0.590. The Bertz CT molecular complexity index is 809. The maximum absolute atomic E-state index is 11.7. The Hall–Kier alpha value is -2.36. The molecule has 1 aliphatic rings. The van der Waals surface area contributed by atoms with Crippen LogP contribution in [0.25, 0.3) is 17.0 Å². The summed E-state index contributed by atoms with van der Waals surface area (Å²) in [4.78, 5) is 23.1. The molecule has 0 unspecified atom stereocenters. The highest BCUT2D eigenvalue weighted by molar-refractivity contribution is 5.97. The Labute approximate surface area is 115 Å². The van der Waals surface area contributed by atoms with Gasteiger partial charge in [0.1, 0.15) is 22.5 Å². The molecule has 0 spiro atoms. The van der Waals surface area contributed by atoms with E-state index in [4.69, 9.17) is 9.15 Å². The lowest BCUT2D eigenvalue weighted by Gasteiger charge is -2.27. The molecule has 4 nitrogen and oxygen atoms in total. The predicted molar refractivity (Wildman–Crippen MR) is 76.2 cm³/mol. The molecule has 0 saturated carbocycles. The molecule has 0 amide bonds. The van der Waals surface area contributed by atoms with Gasteiger partial charge in [-0.2, -0.15) is 0 Å². The fourth-order valence-electron chi connectivity index (χ4n) is 2.24.